The Kier molecular flexibility index (Phi) is 5.59. The zero-order valence-corrected chi connectivity index (χ0v) is 11.3. The molecular formula is C12H16N2O7. The predicted octanol–water partition coefficient (Wildman–Crippen LogP) is -0.951. The summed E-state index contributed by atoms with van der Waals surface area (Å²) in [5.41, 5.74) is -2.10. The third kappa shape index (κ3) is 3.66. The molecule has 0 heterocycles. The molecule has 1 rings (SSSR count). The van der Waals surface area contributed by atoms with E-state index in [1.165, 1.54) is 19.2 Å². The largest absolute Gasteiger partial charge is 0.496 e. The van der Waals surface area contributed by atoms with Crippen LogP contribution in [0.2, 0.25) is 0 Å². The number of ether oxygens (including phenoxy) is 1. The van der Waals surface area contributed by atoms with E-state index >= 15 is 0 Å². The molecule has 0 aromatic heterocycles. The zero-order valence-electron chi connectivity index (χ0n) is 11.3. The van der Waals surface area contributed by atoms with Gasteiger partial charge in [0.2, 0.25) is 0 Å². The smallest absolute Gasteiger partial charge is 0.270 e. The molecule has 0 bridgehead atoms. The number of amides is 1. The van der Waals surface area contributed by atoms with Gasteiger partial charge in [-0.1, -0.05) is 0 Å². The number of carbonyl (C=O) groups is 1. The molecule has 0 aliphatic rings. The van der Waals surface area contributed by atoms with E-state index in [4.69, 9.17) is 20.1 Å². The lowest BCUT2D eigenvalue weighted by Crippen LogP contribution is -2.57. The lowest BCUT2D eigenvalue weighted by atomic mass is 10.0. The average Bonchev–Trinajstić information content (AvgIpc) is 2.51. The number of carbonyl (C=O) groups excluding carboxylic acids is 1. The molecule has 0 spiro atoms. The summed E-state index contributed by atoms with van der Waals surface area (Å²) in [6.45, 7) is -2.12. The SMILES string of the molecule is COc1ccc([N+](=O)[O-])cc1C(=O)NC(CO)(CO)CO. The van der Waals surface area contributed by atoms with Gasteiger partial charge in [-0.2, -0.15) is 0 Å². The van der Waals surface area contributed by atoms with Gasteiger partial charge in [-0.25, -0.2) is 0 Å². The van der Waals surface area contributed by atoms with Gasteiger partial charge in [-0.15, -0.1) is 0 Å². The molecule has 0 aliphatic carbocycles. The minimum atomic E-state index is -1.63. The predicted molar refractivity (Wildman–Crippen MR) is 71.1 cm³/mol. The Morgan fingerprint density at radius 1 is 1.33 bits per heavy atom. The molecule has 1 aromatic rings. The highest BCUT2D eigenvalue weighted by Crippen LogP contribution is 2.24. The summed E-state index contributed by atoms with van der Waals surface area (Å²) in [6, 6.07) is 3.43. The number of benzene rings is 1. The van der Waals surface area contributed by atoms with Gasteiger partial charge in [0.05, 0.1) is 37.4 Å². The Hall–Kier alpha value is -2.23. The number of rotatable bonds is 7. The van der Waals surface area contributed by atoms with E-state index in [-0.39, 0.29) is 17.0 Å². The molecule has 1 amide bonds. The lowest BCUT2D eigenvalue weighted by molar-refractivity contribution is -0.384. The monoisotopic (exact) mass is 300 g/mol. The third-order valence-corrected chi connectivity index (χ3v) is 2.93. The average molecular weight is 300 g/mol. The molecule has 116 valence electrons. The highest BCUT2D eigenvalue weighted by molar-refractivity contribution is 5.98. The number of non-ortho nitro benzene ring substituents is 1. The zero-order chi connectivity index (χ0) is 16.0. The van der Waals surface area contributed by atoms with Crippen molar-refractivity contribution < 1.29 is 29.8 Å². The van der Waals surface area contributed by atoms with E-state index in [0.29, 0.717) is 0 Å². The quantitative estimate of drug-likeness (QED) is 0.375. The van der Waals surface area contributed by atoms with Crippen molar-refractivity contribution in [2.24, 2.45) is 0 Å². The fraction of sp³-hybridized carbons (Fsp3) is 0.417. The van der Waals surface area contributed by atoms with Crippen molar-refractivity contribution in [2.45, 2.75) is 5.54 Å². The highest BCUT2D eigenvalue weighted by atomic mass is 16.6. The van der Waals surface area contributed by atoms with Gasteiger partial charge in [-0.05, 0) is 6.07 Å². The Balaban J connectivity index is 3.16. The van der Waals surface area contributed by atoms with Gasteiger partial charge in [-0.3, -0.25) is 14.9 Å². The van der Waals surface area contributed by atoms with Crippen LogP contribution in [0.3, 0.4) is 0 Å². The molecular weight excluding hydrogens is 284 g/mol. The van der Waals surface area contributed by atoms with E-state index in [2.05, 4.69) is 5.32 Å². The molecule has 0 unspecified atom stereocenters. The van der Waals surface area contributed by atoms with Crippen LogP contribution in [0.4, 0.5) is 5.69 Å². The molecule has 0 aliphatic heterocycles. The van der Waals surface area contributed by atoms with Gasteiger partial charge in [0.1, 0.15) is 11.3 Å². The number of nitrogens with zero attached hydrogens (tertiary/aromatic N) is 1. The van der Waals surface area contributed by atoms with Crippen LogP contribution in [-0.2, 0) is 0 Å². The minimum Gasteiger partial charge on any atom is -0.496 e. The highest BCUT2D eigenvalue weighted by Gasteiger charge is 2.31. The summed E-state index contributed by atoms with van der Waals surface area (Å²) in [7, 11) is 1.29. The maximum Gasteiger partial charge on any atom is 0.270 e. The number of nitro benzene ring substituents is 1. The summed E-state index contributed by atoms with van der Waals surface area (Å²) in [6.07, 6.45) is 0. The molecule has 9 nitrogen and oxygen atoms in total. The van der Waals surface area contributed by atoms with Crippen molar-refractivity contribution in [3.05, 3.63) is 33.9 Å². The fourth-order valence-corrected chi connectivity index (χ4v) is 1.56. The summed E-state index contributed by atoms with van der Waals surface area (Å²) in [4.78, 5) is 22.2. The Bertz CT molecular complexity index is 520. The van der Waals surface area contributed by atoms with Crippen LogP contribution >= 0.6 is 0 Å². The number of aliphatic hydroxyl groups is 3. The van der Waals surface area contributed by atoms with E-state index in [0.717, 1.165) is 6.07 Å². The van der Waals surface area contributed by atoms with Crippen LogP contribution < -0.4 is 10.1 Å². The van der Waals surface area contributed by atoms with Crippen molar-refractivity contribution in [2.75, 3.05) is 26.9 Å². The van der Waals surface area contributed by atoms with Crippen molar-refractivity contribution >= 4 is 11.6 Å². The molecule has 0 atom stereocenters. The van der Waals surface area contributed by atoms with E-state index in [1.807, 2.05) is 0 Å². The number of hydrogen-bond donors (Lipinski definition) is 4. The number of nitro groups is 1. The lowest BCUT2D eigenvalue weighted by Gasteiger charge is -2.28. The van der Waals surface area contributed by atoms with Crippen molar-refractivity contribution in [3.63, 3.8) is 0 Å². The minimum absolute atomic E-state index is 0.0841. The first-order chi connectivity index (χ1) is 9.92. The maximum atomic E-state index is 12.1. The fourth-order valence-electron chi connectivity index (χ4n) is 1.56. The molecule has 21 heavy (non-hydrogen) atoms. The first-order valence-electron chi connectivity index (χ1n) is 5.90. The number of methoxy groups -OCH3 is 1. The Labute approximate surface area is 119 Å². The van der Waals surface area contributed by atoms with E-state index in [1.54, 1.807) is 0 Å². The topological polar surface area (TPSA) is 142 Å². The molecule has 4 N–H and O–H groups in total. The van der Waals surface area contributed by atoms with Crippen LogP contribution in [0, 0.1) is 10.1 Å². The van der Waals surface area contributed by atoms with E-state index < -0.39 is 36.2 Å². The number of aliphatic hydroxyl groups excluding tert-OH is 3. The molecule has 0 saturated heterocycles. The molecule has 9 heteroatoms. The second-order valence-electron chi connectivity index (χ2n) is 4.35. The van der Waals surface area contributed by atoms with Crippen LogP contribution in [0.25, 0.3) is 0 Å². The van der Waals surface area contributed by atoms with Gasteiger partial charge in [0, 0.05) is 12.1 Å². The summed E-state index contributed by atoms with van der Waals surface area (Å²) in [5, 5.41) is 40.5. The third-order valence-electron chi connectivity index (χ3n) is 2.93. The van der Waals surface area contributed by atoms with Crippen LogP contribution in [-0.4, -0.2) is 58.6 Å². The van der Waals surface area contributed by atoms with Gasteiger partial charge in [0.15, 0.2) is 0 Å². The summed E-state index contributed by atoms with van der Waals surface area (Å²) < 4.78 is 4.95. The van der Waals surface area contributed by atoms with Gasteiger partial charge >= 0.3 is 0 Å². The maximum absolute atomic E-state index is 12.1. The Morgan fingerprint density at radius 3 is 2.33 bits per heavy atom. The second kappa shape index (κ2) is 6.97. The van der Waals surface area contributed by atoms with Gasteiger partial charge in [0.25, 0.3) is 11.6 Å². The normalized spacial score (nSPS) is 11.0. The first-order valence-corrected chi connectivity index (χ1v) is 5.90. The molecule has 0 radical (unpaired) electrons. The van der Waals surface area contributed by atoms with Crippen molar-refractivity contribution in [3.8, 4) is 5.75 Å². The molecule has 1 aromatic carbocycles. The van der Waals surface area contributed by atoms with Crippen LogP contribution in [0.15, 0.2) is 18.2 Å². The number of hydrogen-bond acceptors (Lipinski definition) is 7. The standard InChI is InChI=1S/C12H16N2O7/c1-21-10-3-2-8(14(19)20)4-9(10)11(18)13-12(5-15,6-16)7-17/h2-4,15-17H,5-7H2,1H3,(H,13,18). The van der Waals surface area contributed by atoms with Crippen molar-refractivity contribution in [1.29, 1.82) is 0 Å². The Morgan fingerprint density at radius 2 is 1.90 bits per heavy atom. The second-order valence-corrected chi connectivity index (χ2v) is 4.35. The first kappa shape index (κ1) is 16.8. The van der Waals surface area contributed by atoms with Gasteiger partial charge < -0.3 is 25.4 Å². The number of nitrogens with one attached hydrogen (secondary N) is 1. The summed E-state index contributed by atoms with van der Waals surface area (Å²) in [5.74, 6) is -0.742. The van der Waals surface area contributed by atoms with Crippen LogP contribution in [0.1, 0.15) is 10.4 Å². The summed E-state index contributed by atoms with van der Waals surface area (Å²) >= 11 is 0. The van der Waals surface area contributed by atoms with Crippen molar-refractivity contribution in [1.82, 2.24) is 5.32 Å². The van der Waals surface area contributed by atoms with E-state index in [9.17, 15) is 14.9 Å². The molecule has 0 fully saturated rings. The molecule has 0 saturated carbocycles. The van der Waals surface area contributed by atoms with Crippen LogP contribution in [0.5, 0.6) is 5.75 Å².